The number of hydrogen-bond donors (Lipinski definition) is 1. The van der Waals surface area contributed by atoms with Crippen LogP contribution < -0.4 is 14.8 Å². The molecule has 2 aromatic carbocycles. The standard InChI is InChI=1S/C26H36N2O4/c1-6-15-27-26(30)22(7-2)28(18-21-10-8-9-19(3)16-21)25(29)14-12-20-11-13-23(31-4)24(17-20)32-5/h8-11,13,16-17,22H,6-7,12,14-15,18H2,1-5H3,(H,27,30)/t22-/m0/s1. The molecular weight excluding hydrogens is 404 g/mol. The number of nitrogens with one attached hydrogen (secondary N) is 1. The lowest BCUT2D eigenvalue weighted by atomic mass is 10.0. The van der Waals surface area contributed by atoms with E-state index in [1.165, 1.54) is 0 Å². The van der Waals surface area contributed by atoms with E-state index in [0.717, 1.165) is 23.1 Å². The quantitative estimate of drug-likeness (QED) is 0.535. The van der Waals surface area contributed by atoms with Crippen molar-refractivity contribution in [3.8, 4) is 11.5 Å². The van der Waals surface area contributed by atoms with Gasteiger partial charge in [-0.05, 0) is 49.4 Å². The molecule has 32 heavy (non-hydrogen) atoms. The third-order valence-corrected chi connectivity index (χ3v) is 5.45. The first kappa shape index (κ1) is 25.2. The van der Waals surface area contributed by atoms with Gasteiger partial charge in [0.15, 0.2) is 11.5 Å². The highest BCUT2D eigenvalue weighted by molar-refractivity contribution is 5.87. The predicted octanol–water partition coefficient (Wildman–Crippen LogP) is 4.28. The summed E-state index contributed by atoms with van der Waals surface area (Å²) in [4.78, 5) is 27.9. The molecule has 0 aromatic heterocycles. The maximum Gasteiger partial charge on any atom is 0.242 e. The number of benzene rings is 2. The van der Waals surface area contributed by atoms with Crippen LogP contribution in [-0.2, 0) is 22.6 Å². The van der Waals surface area contributed by atoms with Gasteiger partial charge in [-0.3, -0.25) is 9.59 Å². The normalized spacial score (nSPS) is 11.5. The van der Waals surface area contributed by atoms with E-state index >= 15 is 0 Å². The van der Waals surface area contributed by atoms with Crippen molar-refractivity contribution >= 4 is 11.8 Å². The van der Waals surface area contributed by atoms with Gasteiger partial charge < -0.3 is 19.7 Å². The third kappa shape index (κ3) is 7.01. The second kappa shape index (κ2) is 12.7. The van der Waals surface area contributed by atoms with Crippen molar-refractivity contribution in [2.75, 3.05) is 20.8 Å². The lowest BCUT2D eigenvalue weighted by molar-refractivity contribution is -0.141. The Morgan fingerprint density at radius 2 is 1.75 bits per heavy atom. The molecule has 2 rings (SSSR count). The van der Waals surface area contributed by atoms with Crippen LogP contribution >= 0.6 is 0 Å². The zero-order valence-electron chi connectivity index (χ0n) is 19.9. The summed E-state index contributed by atoms with van der Waals surface area (Å²) in [6.07, 6.45) is 2.27. The third-order valence-electron chi connectivity index (χ3n) is 5.45. The number of hydrogen-bond acceptors (Lipinski definition) is 4. The molecule has 0 heterocycles. The second-order valence-corrected chi connectivity index (χ2v) is 7.92. The van der Waals surface area contributed by atoms with Crippen LogP contribution in [0.25, 0.3) is 0 Å². The molecule has 0 spiro atoms. The van der Waals surface area contributed by atoms with Crippen LogP contribution in [0.5, 0.6) is 11.5 Å². The number of aryl methyl sites for hydroxylation is 2. The van der Waals surface area contributed by atoms with Crippen LogP contribution in [0, 0.1) is 6.92 Å². The van der Waals surface area contributed by atoms with Gasteiger partial charge in [0.05, 0.1) is 14.2 Å². The molecule has 2 aromatic rings. The summed E-state index contributed by atoms with van der Waals surface area (Å²) in [6, 6.07) is 13.2. The molecule has 0 radical (unpaired) electrons. The van der Waals surface area contributed by atoms with Gasteiger partial charge in [0.2, 0.25) is 11.8 Å². The average molecular weight is 441 g/mol. The smallest absolute Gasteiger partial charge is 0.242 e. The highest BCUT2D eigenvalue weighted by Gasteiger charge is 2.28. The van der Waals surface area contributed by atoms with E-state index in [0.29, 0.717) is 43.9 Å². The largest absolute Gasteiger partial charge is 0.493 e. The first-order valence-corrected chi connectivity index (χ1v) is 11.3. The molecule has 0 fully saturated rings. The van der Waals surface area contributed by atoms with Crippen molar-refractivity contribution in [3.05, 3.63) is 59.2 Å². The van der Waals surface area contributed by atoms with Crippen molar-refractivity contribution in [2.45, 2.75) is 59.0 Å². The van der Waals surface area contributed by atoms with E-state index < -0.39 is 6.04 Å². The zero-order chi connectivity index (χ0) is 23.5. The Balaban J connectivity index is 2.21. The van der Waals surface area contributed by atoms with Gasteiger partial charge in [-0.1, -0.05) is 49.7 Å². The van der Waals surface area contributed by atoms with Crippen molar-refractivity contribution < 1.29 is 19.1 Å². The first-order chi connectivity index (χ1) is 15.4. The van der Waals surface area contributed by atoms with Crippen LogP contribution in [0.15, 0.2) is 42.5 Å². The Morgan fingerprint density at radius 3 is 2.38 bits per heavy atom. The van der Waals surface area contributed by atoms with Gasteiger partial charge in [0.25, 0.3) is 0 Å². The minimum absolute atomic E-state index is 0.0419. The number of nitrogens with zero attached hydrogens (tertiary/aromatic N) is 1. The van der Waals surface area contributed by atoms with Crippen LogP contribution in [0.3, 0.4) is 0 Å². The molecule has 174 valence electrons. The van der Waals surface area contributed by atoms with Gasteiger partial charge in [0.1, 0.15) is 6.04 Å². The fourth-order valence-corrected chi connectivity index (χ4v) is 3.72. The molecule has 0 bridgehead atoms. The highest BCUT2D eigenvalue weighted by atomic mass is 16.5. The summed E-state index contributed by atoms with van der Waals surface area (Å²) in [5.74, 6) is 1.16. The number of carbonyl (C=O) groups is 2. The Bertz CT molecular complexity index is 897. The van der Waals surface area contributed by atoms with Crippen LogP contribution in [-0.4, -0.2) is 43.5 Å². The molecule has 2 amide bonds. The average Bonchev–Trinajstić information content (AvgIpc) is 2.80. The Morgan fingerprint density at radius 1 is 1.00 bits per heavy atom. The monoisotopic (exact) mass is 440 g/mol. The fraction of sp³-hybridized carbons (Fsp3) is 0.462. The molecule has 0 aliphatic heterocycles. The summed E-state index contributed by atoms with van der Waals surface area (Å²) < 4.78 is 10.7. The van der Waals surface area contributed by atoms with Crippen molar-refractivity contribution in [1.29, 1.82) is 0 Å². The van der Waals surface area contributed by atoms with E-state index in [9.17, 15) is 9.59 Å². The van der Waals surface area contributed by atoms with Crippen LogP contribution in [0.1, 0.15) is 49.8 Å². The van der Waals surface area contributed by atoms with Crippen LogP contribution in [0.2, 0.25) is 0 Å². The van der Waals surface area contributed by atoms with E-state index in [2.05, 4.69) is 11.4 Å². The van der Waals surface area contributed by atoms with Gasteiger partial charge in [-0.2, -0.15) is 0 Å². The molecular formula is C26H36N2O4. The second-order valence-electron chi connectivity index (χ2n) is 7.92. The van der Waals surface area contributed by atoms with Gasteiger partial charge in [0, 0.05) is 19.5 Å². The maximum atomic E-state index is 13.4. The first-order valence-electron chi connectivity index (χ1n) is 11.3. The van der Waals surface area contributed by atoms with Crippen molar-refractivity contribution in [1.82, 2.24) is 10.2 Å². The highest BCUT2D eigenvalue weighted by Crippen LogP contribution is 2.28. The van der Waals surface area contributed by atoms with Gasteiger partial charge in [-0.25, -0.2) is 0 Å². The summed E-state index contributed by atoms with van der Waals surface area (Å²) in [5, 5.41) is 2.95. The summed E-state index contributed by atoms with van der Waals surface area (Å²) in [5.41, 5.74) is 3.13. The Hall–Kier alpha value is -3.02. The minimum atomic E-state index is -0.500. The summed E-state index contributed by atoms with van der Waals surface area (Å²) >= 11 is 0. The summed E-state index contributed by atoms with van der Waals surface area (Å²) in [6.45, 7) is 7.00. The summed E-state index contributed by atoms with van der Waals surface area (Å²) in [7, 11) is 3.19. The van der Waals surface area contributed by atoms with E-state index in [4.69, 9.17) is 9.47 Å². The van der Waals surface area contributed by atoms with Crippen molar-refractivity contribution in [2.24, 2.45) is 0 Å². The number of ether oxygens (including phenoxy) is 2. The van der Waals surface area contributed by atoms with Gasteiger partial charge >= 0.3 is 0 Å². The number of methoxy groups -OCH3 is 2. The van der Waals surface area contributed by atoms with E-state index in [-0.39, 0.29) is 11.8 Å². The molecule has 1 atom stereocenters. The maximum absolute atomic E-state index is 13.4. The molecule has 0 unspecified atom stereocenters. The number of rotatable bonds is 12. The molecule has 0 saturated carbocycles. The topological polar surface area (TPSA) is 67.9 Å². The molecule has 0 saturated heterocycles. The van der Waals surface area contributed by atoms with Crippen molar-refractivity contribution in [3.63, 3.8) is 0 Å². The molecule has 1 N–H and O–H groups in total. The van der Waals surface area contributed by atoms with Gasteiger partial charge in [-0.15, -0.1) is 0 Å². The Kier molecular flexibility index (Phi) is 10.1. The zero-order valence-corrected chi connectivity index (χ0v) is 19.9. The minimum Gasteiger partial charge on any atom is -0.493 e. The van der Waals surface area contributed by atoms with E-state index in [1.54, 1.807) is 19.1 Å². The number of amides is 2. The molecule has 0 aliphatic rings. The molecule has 0 aliphatic carbocycles. The van der Waals surface area contributed by atoms with Crippen LogP contribution in [0.4, 0.5) is 0 Å². The SMILES string of the molecule is CCCNC(=O)[C@H](CC)N(Cc1cccc(C)c1)C(=O)CCc1ccc(OC)c(OC)c1. The fourth-order valence-electron chi connectivity index (χ4n) is 3.72. The lowest BCUT2D eigenvalue weighted by Gasteiger charge is -2.31. The molecule has 6 heteroatoms. The lowest BCUT2D eigenvalue weighted by Crippen LogP contribution is -2.49. The van der Waals surface area contributed by atoms with E-state index in [1.807, 2.05) is 57.2 Å². The Labute approximate surface area is 191 Å². The molecule has 6 nitrogen and oxygen atoms in total. The number of carbonyl (C=O) groups excluding carboxylic acids is 2. The predicted molar refractivity (Wildman–Crippen MR) is 127 cm³/mol.